The van der Waals surface area contributed by atoms with Crippen molar-refractivity contribution in [3.8, 4) is 11.4 Å². The number of aromatic carboxylic acids is 1. The fourth-order valence-corrected chi connectivity index (χ4v) is 2.75. The molecule has 0 radical (unpaired) electrons. The number of nitrogens with one attached hydrogen (secondary N) is 2. The molecule has 2 aromatic carbocycles. The van der Waals surface area contributed by atoms with Crippen LogP contribution < -0.4 is 5.32 Å². The number of fused-ring (bicyclic) bond motifs is 1. The van der Waals surface area contributed by atoms with Gasteiger partial charge in [0, 0.05) is 17.7 Å². The van der Waals surface area contributed by atoms with E-state index in [2.05, 4.69) is 20.3 Å². The van der Waals surface area contributed by atoms with Gasteiger partial charge >= 0.3 is 5.97 Å². The highest BCUT2D eigenvalue weighted by atomic mass is 16.4. The van der Waals surface area contributed by atoms with E-state index in [-0.39, 0.29) is 5.56 Å². The molecule has 0 aliphatic carbocycles. The van der Waals surface area contributed by atoms with Gasteiger partial charge < -0.3 is 15.4 Å². The third kappa shape index (κ3) is 2.34. The molecule has 0 atom stereocenters. The summed E-state index contributed by atoms with van der Waals surface area (Å²) in [5.74, 6) is 0.469. The summed E-state index contributed by atoms with van der Waals surface area (Å²) in [7, 11) is 0. The van der Waals surface area contributed by atoms with Gasteiger partial charge in [-0.25, -0.2) is 9.78 Å². The van der Waals surface area contributed by atoms with Gasteiger partial charge in [-0.15, -0.1) is 0 Å². The number of amidine groups is 1. The lowest BCUT2D eigenvalue weighted by Gasteiger charge is -2.02. The zero-order valence-corrected chi connectivity index (χ0v) is 12.2. The Bertz CT molecular complexity index is 943. The Morgan fingerprint density at radius 2 is 2.04 bits per heavy atom. The quantitative estimate of drug-likeness (QED) is 0.692. The summed E-state index contributed by atoms with van der Waals surface area (Å²) < 4.78 is 0. The van der Waals surface area contributed by atoms with Crippen LogP contribution in [0, 0.1) is 0 Å². The number of H-pyrrole nitrogens is 1. The van der Waals surface area contributed by atoms with Gasteiger partial charge in [-0.2, -0.15) is 0 Å². The van der Waals surface area contributed by atoms with E-state index in [1.807, 2.05) is 18.2 Å². The summed E-state index contributed by atoms with van der Waals surface area (Å²) in [5, 5.41) is 12.6. The topological polar surface area (TPSA) is 90.4 Å². The van der Waals surface area contributed by atoms with Crippen LogP contribution in [0.4, 0.5) is 0 Å². The molecule has 2 heterocycles. The van der Waals surface area contributed by atoms with E-state index >= 15 is 0 Å². The number of hydrogen-bond donors (Lipinski definition) is 3. The average Bonchev–Trinajstić information content (AvgIpc) is 3.23. The maximum atomic E-state index is 11.4. The minimum Gasteiger partial charge on any atom is -0.478 e. The molecule has 0 unspecified atom stereocenters. The number of aromatic nitrogens is 2. The van der Waals surface area contributed by atoms with Crippen molar-refractivity contribution in [3.63, 3.8) is 0 Å². The SMILES string of the molecule is O=C(O)c1ccccc1-c1nc2ccc(C3=NCCN3)cc2[nH]1. The van der Waals surface area contributed by atoms with Crippen LogP contribution in [0.3, 0.4) is 0 Å². The second-order valence-corrected chi connectivity index (χ2v) is 5.33. The molecule has 0 saturated carbocycles. The summed E-state index contributed by atoms with van der Waals surface area (Å²) >= 11 is 0. The van der Waals surface area contributed by atoms with Crippen molar-refractivity contribution >= 4 is 22.8 Å². The third-order valence-electron chi connectivity index (χ3n) is 3.84. The van der Waals surface area contributed by atoms with Crippen LogP contribution in [-0.4, -0.2) is 40.0 Å². The number of benzene rings is 2. The standard InChI is InChI=1S/C17H14N4O2/c22-17(23)12-4-2-1-3-11(12)16-20-13-6-5-10(9-14(13)21-16)15-18-7-8-19-15/h1-6,9H,7-8H2,(H,18,19)(H,20,21)(H,22,23). The number of aromatic amines is 1. The highest BCUT2D eigenvalue weighted by Gasteiger charge is 2.15. The van der Waals surface area contributed by atoms with Crippen molar-refractivity contribution in [1.82, 2.24) is 15.3 Å². The van der Waals surface area contributed by atoms with Gasteiger partial charge in [-0.3, -0.25) is 4.99 Å². The number of carboxylic acid groups (broad SMARTS) is 1. The van der Waals surface area contributed by atoms with E-state index in [9.17, 15) is 9.90 Å². The summed E-state index contributed by atoms with van der Waals surface area (Å²) in [6, 6.07) is 12.7. The summed E-state index contributed by atoms with van der Waals surface area (Å²) in [6.45, 7) is 1.64. The Balaban J connectivity index is 1.82. The van der Waals surface area contributed by atoms with Crippen LogP contribution in [0.25, 0.3) is 22.4 Å². The van der Waals surface area contributed by atoms with Crippen LogP contribution in [-0.2, 0) is 0 Å². The fraction of sp³-hybridized carbons (Fsp3) is 0.118. The van der Waals surface area contributed by atoms with Gasteiger partial charge in [-0.05, 0) is 24.3 Å². The van der Waals surface area contributed by atoms with E-state index in [1.165, 1.54) is 0 Å². The maximum Gasteiger partial charge on any atom is 0.336 e. The molecule has 3 N–H and O–H groups in total. The van der Waals surface area contributed by atoms with Gasteiger partial charge in [0.2, 0.25) is 0 Å². The Morgan fingerprint density at radius 3 is 2.83 bits per heavy atom. The minimum absolute atomic E-state index is 0.230. The number of aliphatic imine (C=N–C) groups is 1. The number of hydrogen-bond acceptors (Lipinski definition) is 4. The molecule has 6 nitrogen and oxygen atoms in total. The molecule has 0 fully saturated rings. The first-order valence-electron chi connectivity index (χ1n) is 7.33. The van der Waals surface area contributed by atoms with Crippen LogP contribution in [0.1, 0.15) is 15.9 Å². The molecule has 1 aliphatic rings. The third-order valence-corrected chi connectivity index (χ3v) is 3.84. The van der Waals surface area contributed by atoms with E-state index in [0.717, 1.165) is 35.5 Å². The van der Waals surface area contributed by atoms with Crippen molar-refractivity contribution in [1.29, 1.82) is 0 Å². The molecule has 0 bridgehead atoms. The lowest BCUT2D eigenvalue weighted by atomic mass is 10.1. The van der Waals surface area contributed by atoms with Gasteiger partial charge in [0.05, 0.1) is 23.1 Å². The Kier molecular flexibility index (Phi) is 3.08. The van der Waals surface area contributed by atoms with Gasteiger partial charge in [0.15, 0.2) is 0 Å². The van der Waals surface area contributed by atoms with Crippen molar-refractivity contribution in [2.75, 3.05) is 13.1 Å². The van der Waals surface area contributed by atoms with Crippen LogP contribution >= 0.6 is 0 Å². The highest BCUT2D eigenvalue weighted by Crippen LogP contribution is 2.24. The van der Waals surface area contributed by atoms with Gasteiger partial charge in [-0.1, -0.05) is 18.2 Å². The first kappa shape index (κ1) is 13.5. The summed E-state index contributed by atoms with van der Waals surface area (Å²) in [5.41, 5.74) is 3.45. The molecule has 1 aliphatic heterocycles. The van der Waals surface area contributed by atoms with E-state index in [0.29, 0.717) is 11.4 Å². The molecule has 0 saturated heterocycles. The zero-order valence-electron chi connectivity index (χ0n) is 12.2. The van der Waals surface area contributed by atoms with Crippen molar-refractivity contribution in [2.45, 2.75) is 0 Å². The second kappa shape index (κ2) is 5.24. The number of imidazole rings is 1. The minimum atomic E-state index is -0.966. The fourth-order valence-electron chi connectivity index (χ4n) is 2.75. The maximum absolute atomic E-state index is 11.4. The molecular weight excluding hydrogens is 292 g/mol. The first-order valence-corrected chi connectivity index (χ1v) is 7.33. The molecule has 0 amide bonds. The highest BCUT2D eigenvalue weighted by molar-refractivity contribution is 6.02. The second-order valence-electron chi connectivity index (χ2n) is 5.33. The van der Waals surface area contributed by atoms with Crippen LogP contribution in [0.2, 0.25) is 0 Å². The van der Waals surface area contributed by atoms with E-state index < -0.39 is 5.97 Å². The average molecular weight is 306 g/mol. The normalized spacial score (nSPS) is 13.8. The van der Waals surface area contributed by atoms with Gasteiger partial charge in [0.25, 0.3) is 0 Å². The molecular formula is C17H14N4O2. The van der Waals surface area contributed by atoms with Crippen LogP contribution in [0.5, 0.6) is 0 Å². The van der Waals surface area contributed by atoms with Crippen molar-refractivity contribution in [2.24, 2.45) is 4.99 Å². The molecule has 6 heteroatoms. The summed E-state index contributed by atoms with van der Waals surface area (Å²) in [4.78, 5) is 23.5. The van der Waals surface area contributed by atoms with Crippen molar-refractivity contribution in [3.05, 3.63) is 53.6 Å². The summed E-state index contributed by atoms with van der Waals surface area (Å²) in [6.07, 6.45) is 0. The lowest BCUT2D eigenvalue weighted by Crippen LogP contribution is -2.19. The van der Waals surface area contributed by atoms with E-state index in [1.54, 1.807) is 24.3 Å². The first-order chi connectivity index (χ1) is 11.2. The molecule has 0 spiro atoms. The predicted octanol–water partition coefficient (Wildman–Crippen LogP) is 2.28. The zero-order chi connectivity index (χ0) is 15.8. The number of nitrogens with zero attached hydrogens (tertiary/aromatic N) is 2. The lowest BCUT2D eigenvalue weighted by molar-refractivity contribution is 0.0697. The molecule has 114 valence electrons. The van der Waals surface area contributed by atoms with E-state index in [4.69, 9.17) is 0 Å². The largest absolute Gasteiger partial charge is 0.478 e. The number of carboxylic acids is 1. The Hall–Kier alpha value is -3.15. The Labute approximate surface area is 131 Å². The monoisotopic (exact) mass is 306 g/mol. The smallest absolute Gasteiger partial charge is 0.336 e. The van der Waals surface area contributed by atoms with Gasteiger partial charge in [0.1, 0.15) is 11.7 Å². The molecule has 23 heavy (non-hydrogen) atoms. The number of carbonyl (C=O) groups is 1. The number of rotatable bonds is 3. The predicted molar refractivity (Wildman–Crippen MR) is 87.9 cm³/mol. The van der Waals surface area contributed by atoms with Crippen molar-refractivity contribution < 1.29 is 9.90 Å². The molecule has 1 aromatic heterocycles. The molecule has 4 rings (SSSR count). The molecule has 3 aromatic rings. The van der Waals surface area contributed by atoms with Crippen LogP contribution in [0.15, 0.2) is 47.5 Å². The Morgan fingerprint density at radius 1 is 1.17 bits per heavy atom.